The van der Waals surface area contributed by atoms with Crippen molar-refractivity contribution in [2.75, 3.05) is 5.32 Å². The first kappa shape index (κ1) is 17.3. The SMILES string of the molecule is Cc1cc(NC(=O)C(C)Sc2nnc(Cc3cccs3)n2C2CC2)on1. The number of aromatic nitrogens is 4. The van der Waals surface area contributed by atoms with Gasteiger partial charge >= 0.3 is 0 Å². The molecule has 1 aliphatic rings. The Morgan fingerprint density at radius 3 is 3.00 bits per heavy atom. The highest BCUT2D eigenvalue weighted by Crippen LogP contribution is 2.40. The lowest BCUT2D eigenvalue weighted by atomic mass is 10.3. The molecule has 136 valence electrons. The van der Waals surface area contributed by atoms with Gasteiger partial charge in [0.15, 0.2) is 5.16 Å². The van der Waals surface area contributed by atoms with Gasteiger partial charge in [-0.2, -0.15) is 0 Å². The molecule has 1 atom stereocenters. The van der Waals surface area contributed by atoms with Gasteiger partial charge in [-0.3, -0.25) is 10.1 Å². The maximum absolute atomic E-state index is 12.4. The van der Waals surface area contributed by atoms with Crippen LogP contribution in [0.15, 0.2) is 33.3 Å². The maximum atomic E-state index is 12.4. The summed E-state index contributed by atoms with van der Waals surface area (Å²) in [7, 11) is 0. The third-order valence-corrected chi connectivity index (χ3v) is 6.02. The Bertz CT molecular complexity index is 898. The number of aryl methyl sites for hydroxylation is 1. The molecule has 26 heavy (non-hydrogen) atoms. The number of carbonyl (C=O) groups is 1. The number of carbonyl (C=O) groups excluding carboxylic acids is 1. The summed E-state index contributed by atoms with van der Waals surface area (Å²) in [5.41, 5.74) is 0.729. The molecule has 1 aliphatic carbocycles. The van der Waals surface area contributed by atoms with Crippen molar-refractivity contribution in [2.45, 2.75) is 49.6 Å². The van der Waals surface area contributed by atoms with Gasteiger partial charge in [-0.15, -0.1) is 21.5 Å². The molecule has 7 nitrogen and oxygen atoms in total. The number of rotatable bonds is 7. The minimum atomic E-state index is -0.323. The Labute approximate surface area is 159 Å². The lowest BCUT2D eigenvalue weighted by Crippen LogP contribution is -2.22. The zero-order valence-electron chi connectivity index (χ0n) is 14.5. The smallest absolute Gasteiger partial charge is 0.240 e. The Kier molecular flexibility index (Phi) is 4.82. The van der Waals surface area contributed by atoms with Gasteiger partial charge in [0.2, 0.25) is 11.8 Å². The number of thiophene rings is 1. The molecule has 1 fully saturated rings. The van der Waals surface area contributed by atoms with Crippen LogP contribution in [0.5, 0.6) is 0 Å². The number of anilines is 1. The number of nitrogens with zero attached hydrogens (tertiary/aromatic N) is 4. The first-order chi connectivity index (χ1) is 12.6. The Hall–Kier alpha value is -2.13. The molecule has 0 saturated heterocycles. The van der Waals surface area contributed by atoms with Gasteiger partial charge in [0.1, 0.15) is 5.82 Å². The molecule has 1 saturated carbocycles. The molecule has 0 aliphatic heterocycles. The van der Waals surface area contributed by atoms with E-state index in [4.69, 9.17) is 4.52 Å². The first-order valence-electron chi connectivity index (χ1n) is 8.47. The van der Waals surface area contributed by atoms with Crippen LogP contribution < -0.4 is 5.32 Å². The minimum absolute atomic E-state index is 0.142. The highest BCUT2D eigenvalue weighted by molar-refractivity contribution is 8.00. The quantitative estimate of drug-likeness (QED) is 0.621. The van der Waals surface area contributed by atoms with E-state index in [9.17, 15) is 4.79 Å². The van der Waals surface area contributed by atoms with E-state index in [0.717, 1.165) is 35.9 Å². The van der Waals surface area contributed by atoms with E-state index < -0.39 is 0 Å². The zero-order valence-corrected chi connectivity index (χ0v) is 16.1. The van der Waals surface area contributed by atoms with Crippen molar-refractivity contribution in [1.29, 1.82) is 0 Å². The molecule has 4 rings (SSSR count). The lowest BCUT2D eigenvalue weighted by Gasteiger charge is -2.12. The summed E-state index contributed by atoms with van der Waals surface area (Å²) in [6.07, 6.45) is 3.06. The summed E-state index contributed by atoms with van der Waals surface area (Å²) >= 11 is 3.15. The third kappa shape index (κ3) is 3.83. The van der Waals surface area contributed by atoms with Crippen LogP contribution in [0.25, 0.3) is 0 Å². The number of amides is 1. The van der Waals surface area contributed by atoms with Crippen LogP contribution in [-0.4, -0.2) is 31.1 Å². The van der Waals surface area contributed by atoms with Crippen LogP contribution in [0.4, 0.5) is 5.88 Å². The van der Waals surface area contributed by atoms with E-state index in [-0.39, 0.29) is 11.2 Å². The summed E-state index contributed by atoms with van der Waals surface area (Å²) in [6, 6.07) is 6.31. The number of hydrogen-bond acceptors (Lipinski definition) is 7. The standard InChI is InChI=1S/C17H19N5O2S2/c1-10-8-15(24-21-10)18-16(23)11(2)26-17-20-19-14(22(17)12-5-6-12)9-13-4-3-7-25-13/h3-4,7-8,11-12H,5-6,9H2,1-2H3,(H,18,23). The first-order valence-corrected chi connectivity index (χ1v) is 10.2. The van der Waals surface area contributed by atoms with Crippen LogP contribution in [0.3, 0.4) is 0 Å². The summed E-state index contributed by atoms with van der Waals surface area (Å²) in [6.45, 7) is 3.67. The Morgan fingerprint density at radius 1 is 1.50 bits per heavy atom. The van der Waals surface area contributed by atoms with Crippen molar-refractivity contribution in [3.05, 3.63) is 40.0 Å². The largest absolute Gasteiger partial charge is 0.338 e. The van der Waals surface area contributed by atoms with Crippen LogP contribution in [-0.2, 0) is 11.2 Å². The number of nitrogens with one attached hydrogen (secondary N) is 1. The second-order valence-electron chi connectivity index (χ2n) is 6.34. The molecular weight excluding hydrogens is 370 g/mol. The predicted molar refractivity (Wildman–Crippen MR) is 101 cm³/mol. The average Bonchev–Trinajstić information content (AvgIpc) is 2.98. The molecule has 0 bridgehead atoms. The van der Waals surface area contributed by atoms with E-state index in [2.05, 4.69) is 36.7 Å². The van der Waals surface area contributed by atoms with Crippen molar-refractivity contribution in [3.8, 4) is 0 Å². The van der Waals surface area contributed by atoms with Crippen molar-refractivity contribution in [3.63, 3.8) is 0 Å². The maximum Gasteiger partial charge on any atom is 0.240 e. The second kappa shape index (κ2) is 7.24. The van der Waals surface area contributed by atoms with Crippen molar-refractivity contribution < 1.29 is 9.32 Å². The molecule has 0 spiro atoms. The fraction of sp³-hybridized carbons (Fsp3) is 0.412. The molecule has 0 radical (unpaired) electrons. The molecule has 3 aromatic rings. The summed E-state index contributed by atoms with van der Waals surface area (Å²) in [4.78, 5) is 13.7. The lowest BCUT2D eigenvalue weighted by molar-refractivity contribution is -0.115. The van der Waals surface area contributed by atoms with Crippen molar-refractivity contribution in [1.82, 2.24) is 19.9 Å². The fourth-order valence-electron chi connectivity index (χ4n) is 2.63. The predicted octanol–water partition coefficient (Wildman–Crippen LogP) is 3.68. The topological polar surface area (TPSA) is 85.8 Å². The van der Waals surface area contributed by atoms with Crippen molar-refractivity contribution in [2.24, 2.45) is 0 Å². The molecule has 3 heterocycles. The van der Waals surface area contributed by atoms with Crippen LogP contribution in [0, 0.1) is 6.92 Å². The van der Waals surface area contributed by atoms with Gasteiger partial charge in [-0.1, -0.05) is 23.0 Å². The van der Waals surface area contributed by atoms with Crippen molar-refractivity contribution >= 4 is 34.9 Å². The number of thioether (sulfide) groups is 1. The van der Waals surface area contributed by atoms with Crippen LogP contribution in [0.1, 0.15) is 42.2 Å². The molecular formula is C17H19N5O2S2. The van der Waals surface area contributed by atoms with Gasteiger partial charge in [0.05, 0.1) is 10.9 Å². The van der Waals surface area contributed by atoms with Crippen LogP contribution in [0.2, 0.25) is 0 Å². The van der Waals surface area contributed by atoms with E-state index in [1.165, 1.54) is 16.6 Å². The third-order valence-electron chi connectivity index (χ3n) is 4.09. The van der Waals surface area contributed by atoms with Gasteiger partial charge in [-0.25, -0.2) is 0 Å². The molecule has 1 amide bonds. The molecule has 1 unspecified atom stereocenters. The molecule has 9 heteroatoms. The average molecular weight is 390 g/mol. The normalized spacial score (nSPS) is 15.2. The zero-order chi connectivity index (χ0) is 18.1. The van der Waals surface area contributed by atoms with E-state index in [1.807, 2.05) is 19.9 Å². The van der Waals surface area contributed by atoms with Gasteiger partial charge in [-0.05, 0) is 38.1 Å². The van der Waals surface area contributed by atoms with E-state index in [0.29, 0.717) is 11.9 Å². The number of hydrogen-bond donors (Lipinski definition) is 1. The molecule has 3 aromatic heterocycles. The fourth-order valence-corrected chi connectivity index (χ4v) is 4.27. The highest BCUT2D eigenvalue weighted by atomic mass is 32.2. The van der Waals surface area contributed by atoms with Crippen LogP contribution >= 0.6 is 23.1 Å². The Morgan fingerprint density at radius 2 is 2.35 bits per heavy atom. The van der Waals surface area contributed by atoms with E-state index >= 15 is 0 Å². The molecule has 0 aromatic carbocycles. The minimum Gasteiger partial charge on any atom is -0.338 e. The summed E-state index contributed by atoms with van der Waals surface area (Å²) < 4.78 is 7.25. The second-order valence-corrected chi connectivity index (χ2v) is 8.68. The Balaban J connectivity index is 1.47. The van der Waals surface area contributed by atoms with Gasteiger partial charge in [0.25, 0.3) is 0 Å². The van der Waals surface area contributed by atoms with Gasteiger partial charge in [0, 0.05) is 23.4 Å². The van der Waals surface area contributed by atoms with Gasteiger partial charge < -0.3 is 9.09 Å². The monoisotopic (exact) mass is 389 g/mol. The van der Waals surface area contributed by atoms with E-state index in [1.54, 1.807) is 17.4 Å². The summed E-state index contributed by atoms with van der Waals surface area (Å²) in [5.74, 6) is 1.19. The summed E-state index contributed by atoms with van der Waals surface area (Å²) in [5, 5.41) is 17.8. The highest BCUT2D eigenvalue weighted by Gasteiger charge is 2.31. The molecule has 1 N–H and O–H groups in total.